The molecular weight excluding hydrogens is 499 g/mol. The molecule has 0 fully saturated rings. The van der Waals surface area contributed by atoms with Gasteiger partial charge >= 0.3 is 12.2 Å². The van der Waals surface area contributed by atoms with Gasteiger partial charge in [0.2, 0.25) is 0 Å². The molecule has 0 saturated heterocycles. The van der Waals surface area contributed by atoms with E-state index in [1.165, 1.54) is 24.3 Å². The second kappa shape index (κ2) is 10.2. The van der Waals surface area contributed by atoms with E-state index >= 15 is 0 Å². The third-order valence-corrected chi connectivity index (χ3v) is 6.21. The number of imide groups is 1. The molecule has 0 aromatic heterocycles. The predicted molar refractivity (Wildman–Crippen MR) is 146 cm³/mol. The number of rotatable bonds is 4. The number of benzene rings is 3. The molecule has 1 aliphatic rings. The van der Waals surface area contributed by atoms with E-state index in [4.69, 9.17) is 9.47 Å². The number of amides is 3. The summed E-state index contributed by atoms with van der Waals surface area (Å²) in [5, 5.41) is 2.91. The topological polar surface area (TPSA) is 84.9 Å². The van der Waals surface area contributed by atoms with Crippen LogP contribution in [0.4, 0.5) is 19.7 Å². The van der Waals surface area contributed by atoms with Crippen molar-refractivity contribution in [3.63, 3.8) is 0 Å². The van der Waals surface area contributed by atoms with Crippen LogP contribution in [0.1, 0.15) is 64.3 Å². The molecule has 4 rings (SSSR count). The Kier molecular flexibility index (Phi) is 7.25. The van der Waals surface area contributed by atoms with Gasteiger partial charge < -0.3 is 14.8 Å². The van der Waals surface area contributed by atoms with Crippen molar-refractivity contribution in [1.82, 2.24) is 5.32 Å². The maximum atomic E-state index is 14.7. The fraction of sp³-hybridized carbons (Fsp3) is 0.323. The fourth-order valence-corrected chi connectivity index (χ4v) is 4.84. The minimum atomic E-state index is -1.67. The third-order valence-electron chi connectivity index (χ3n) is 6.21. The monoisotopic (exact) mass is 532 g/mol. The molecular formula is C31H33FN2O5. The lowest BCUT2D eigenvalue weighted by molar-refractivity contribution is -0.122. The Morgan fingerprint density at radius 2 is 1.38 bits per heavy atom. The highest BCUT2D eigenvalue weighted by Crippen LogP contribution is 2.53. The smallest absolute Gasteiger partial charge is 0.421 e. The number of nitrogens with one attached hydrogen (secondary N) is 1. The second-order valence-electron chi connectivity index (χ2n) is 11.4. The van der Waals surface area contributed by atoms with Crippen LogP contribution in [-0.4, -0.2) is 29.3 Å². The Balaban J connectivity index is 2.01. The van der Waals surface area contributed by atoms with Crippen LogP contribution in [0.25, 0.3) is 0 Å². The quantitative estimate of drug-likeness (QED) is 0.406. The SMILES string of the molecule is CC(C)(C)OC(=O)NC(c1ccccc1)C1(c2ccc(F)cc2)C(=O)N(C(=O)OC(C)(C)C)c2ccccc21. The van der Waals surface area contributed by atoms with E-state index in [1.807, 2.05) is 6.07 Å². The minimum absolute atomic E-state index is 0.313. The van der Waals surface area contributed by atoms with Crippen LogP contribution in [0.2, 0.25) is 0 Å². The van der Waals surface area contributed by atoms with Gasteiger partial charge in [-0.2, -0.15) is 0 Å². The molecule has 1 heterocycles. The van der Waals surface area contributed by atoms with Crippen molar-refractivity contribution in [2.75, 3.05) is 4.90 Å². The largest absolute Gasteiger partial charge is 0.444 e. The summed E-state index contributed by atoms with van der Waals surface area (Å²) >= 11 is 0. The highest BCUT2D eigenvalue weighted by Gasteiger charge is 2.60. The molecule has 2 atom stereocenters. The molecule has 39 heavy (non-hydrogen) atoms. The number of nitrogens with zero attached hydrogens (tertiary/aromatic N) is 1. The summed E-state index contributed by atoms with van der Waals surface area (Å²) < 4.78 is 25.4. The van der Waals surface area contributed by atoms with E-state index in [1.54, 1.807) is 90.1 Å². The number of para-hydroxylation sites is 1. The van der Waals surface area contributed by atoms with Crippen LogP contribution >= 0.6 is 0 Å². The first-order valence-electron chi connectivity index (χ1n) is 12.7. The molecule has 0 spiro atoms. The zero-order chi connectivity index (χ0) is 28.6. The molecule has 3 aromatic carbocycles. The van der Waals surface area contributed by atoms with Crippen molar-refractivity contribution in [1.29, 1.82) is 0 Å². The average Bonchev–Trinajstić information content (AvgIpc) is 3.10. The molecule has 8 heteroatoms. The van der Waals surface area contributed by atoms with Crippen LogP contribution in [0.3, 0.4) is 0 Å². The highest BCUT2D eigenvalue weighted by atomic mass is 19.1. The number of anilines is 1. The van der Waals surface area contributed by atoms with Gasteiger partial charge in [-0.15, -0.1) is 0 Å². The van der Waals surface area contributed by atoms with E-state index in [2.05, 4.69) is 5.32 Å². The second-order valence-corrected chi connectivity index (χ2v) is 11.4. The lowest BCUT2D eigenvalue weighted by Crippen LogP contribution is -2.53. The van der Waals surface area contributed by atoms with Crippen LogP contribution in [0.5, 0.6) is 0 Å². The standard InChI is InChI=1S/C31H33FN2O5/c1-29(2,3)38-27(36)33-25(20-12-8-7-9-13-20)31(21-16-18-22(32)19-17-21)23-14-10-11-15-24(23)34(26(31)35)28(37)39-30(4,5)6/h7-19,25H,1-6H3,(H,33,36). The molecule has 0 radical (unpaired) electrons. The first-order valence-corrected chi connectivity index (χ1v) is 12.7. The number of halogens is 1. The zero-order valence-corrected chi connectivity index (χ0v) is 22.9. The molecule has 3 aromatic rings. The lowest BCUT2D eigenvalue weighted by Gasteiger charge is -2.38. The van der Waals surface area contributed by atoms with Crippen molar-refractivity contribution in [3.05, 3.63) is 101 Å². The van der Waals surface area contributed by atoms with Crippen molar-refractivity contribution < 1.29 is 28.2 Å². The molecule has 204 valence electrons. The number of ether oxygens (including phenoxy) is 2. The predicted octanol–water partition coefficient (Wildman–Crippen LogP) is 6.66. The Hall–Kier alpha value is -4.20. The molecule has 1 N–H and O–H groups in total. The summed E-state index contributed by atoms with van der Waals surface area (Å²) in [6, 6.07) is 20.2. The number of alkyl carbamates (subject to hydrolysis) is 1. The van der Waals surface area contributed by atoms with Crippen LogP contribution < -0.4 is 10.2 Å². The fourth-order valence-electron chi connectivity index (χ4n) is 4.84. The number of hydrogen-bond acceptors (Lipinski definition) is 5. The average molecular weight is 533 g/mol. The lowest BCUT2D eigenvalue weighted by atomic mass is 9.67. The van der Waals surface area contributed by atoms with Crippen molar-refractivity contribution in [2.24, 2.45) is 0 Å². The summed E-state index contributed by atoms with van der Waals surface area (Å²) in [5.41, 5.74) is -1.61. The van der Waals surface area contributed by atoms with Gasteiger partial charge in [0.05, 0.1) is 11.7 Å². The van der Waals surface area contributed by atoms with Gasteiger partial charge in [0, 0.05) is 0 Å². The molecule has 0 bridgehead atoms. The van der Waals surface area contributed by atoms with Crippen LogP contribution in [0.15, 0.2) is 78.9 Å². The van der Waals surface area contributed by atoms with Crippen molar-refractivity contribution >= 4 is 23.8 Å². The Morgan fingerprint density at radius 1 is 0.821 bits per heavy atom. The first-order chi connectivity index (χ1) is 18.2. The molecule has 0 aliphatic carbocycles. The van der Waals surface area contributed by atoms with Gasteiger partial charge in [-0.3, -0.25) is 4.79 Å². The molecule has 1 aliphatic heterocycles. The maximum absolute atomic E-state index is 14.7. The van der Waals surface area contributed by atoms with Gasteiger partial charge in [0.15, 0.2) is 0 Å². The number of fused-ring (bicyclic) bond motifs is 1. The van der Waals surface area contributed by atoms with Gasteiger partial charge in [-0.1, -0.05) is 60.7 Å². The van der Waals surface area contributed by atoms with Crippen molar-refractivity contribution in [2.45, 2.75) is 64.2 Å². The van der Waals surface area contributed by atoms with Gasteiger partial charge in [-0.25, -0.2) is 18.9 Å². The zero-order valence-electron chi connectivity index (χ0n) is 22.9. The molecule has 0 saturated carbocycles. The van der Waals surface area contributed by atoms with Crippen LogP contribution in [0, 0.1) is 5.82 Å². The third kappa shape index (κ3) is 5.50. The van der Waals surface area contributed by atoms with Gasteiger partial charge in [-0.05, 0) is 76.4 Å². The number of carbonyl (C=O) groups is 3. The van der Waals surface area contributed by atoms with Crippen molar-refractivity contribution in [3.8, 4) is 0 Å². The Bertz CT molecular complexity index is 1380. The first kappa shape index (κ1) is 27.8. The summed E-state index contributed by atoms with van der Waals surface area (Å²) in [4.78, 5) is 42.4. The van der Waals surface area contributed by atoms with Gasteiger partial charge in [0.1, 0.15) is 22.4 Å². The van der Waals surface area contributed by atoms with E-state index in [9.17, 15) is 18.8 Å². The molecule has 7 nitrogen and oxygen atoms in total. The van der Waals surface area contributed by atoms with E-state index in [0.29, 0.717) is 22.4 Å². The highest BCUT2D eigenvalue weighted by molar-refractivity contribution is 6.23. The van der Waals surface area contributed by atoms with Gasteiger partial charge in [0.25, 0.3) is 5.91 Å². The summed E-state index contributed by atoms with van der Waals surface area (Å²) in [7, 11) is 0. The normalized spacial score (nSPS) is 17.8. The summed E-state index contributed by atoms with van der Waals surface area (Å²) in [6.07, 6.45) is -1.60. The minimum Gasteiger partial charge on any atom is -0.444 e. The summed E-state index contributed by atoms with van der Waals surface area (Å²) in [5.74, 6) is -1.14. The number of hydrogen-bond donors (Lipinski definition) is 1. The van der Waals surface area contributed by atoms with E-state index < -0.39 is 46.6 Å². The molecule has 3 amide bonds. The Labute approximate surface area is 227 Å². The Morgan fingerprint density at radius 3 is 1.97 bits per heavy atom. The maximum Gasteiger partial charge on any atom is 0.421 e. The number of carbonyl (C=O) groups excluding carboxylic acids is 3. The summed E-state index contributed by atoms with van der Waals surface area (Å²) in [6.45, 7) is 10.3. The van der Waals surface area contributed by atoms with E-state index in [0.717, 1.165) is 4.90 Å². The molecule has 2 unspecified atom stereocenters. The van der Waals surface area contributed by atoms with E-state index in [-0.39, 0.29) is 0 Å². The van der Waals surface area contributed by atoms with Crippen LogP contribution in [-0.2, 0) is 19.7 Å².